The molecular weight excluding hydrogens is 762 g/mol. The average molecular weight is 792 g/mol. The van der Waals surface area contributed by atoms with Gasteiger partial charge in [-0.2, -0.15) is 4.39 Å². The predicted molar refractivity (Wildman–Crippen MR) is 181 cm³/mol. The summed E-state index contributed by atoms with van der Waals surface area (Å²) in [5.41, 5.74) is -1.52. The molecule has 290 valence electrons. The van der Waals surface area contributed by atoms with Crippen molar-refractivity contribution in [3.8, 4) is 28.7 Å². The van der Waals surface area contributed by atoms with Crippen LogP contribution >= 0.6 is 11.6 Å². The van der Waals surface area contributed by atoms with Crippen LogP contribution in [0.2, 0.25) is 5.02 Å². The Balaban J connectivity index is 1.16. The minimum Gasteiger partial charge on any atom is -0.534 e. The number of carboxylic acid groups (broad SMARTS) is 1. The molecule has 3 aliphatic rings. The van der Waals surface area contributed by atoms with E-state index in [1.807, 2.05) is 0 Å². The highest BCUT2D eigenvalue weighted by atomic mass is 35.5. The molecule has 0 unspecified atom stereocenters. The number of piperidine rings is 1. The molecule has 3 aromatic rings. The summed E-state index contributed by atoms with van der Waals surface area (Å²) in [6, 6.07) is -0.119. The number of fused-ring (bicyclic) bond motifs is 1. The van der Waals surface area contributed by atoms with E-state index in [-0.39, 0.29) is 56.6 Å². The highest BCUT2D eigenvalue weighted by Gasteiger charge is 2.43. The summed E-state index contributed by atoms with van der Waals surface area (Å²) in [5, 5.41) is 63.4. The smallest absolute Gasteiger partial charge is 0.534 e. The van der Waals surface area contributed by atoms with Crippen molar-refractivity contribution >= 4 is 48.6 Å². The van der Waals surface area contributed by atoms with Crippen LogP contribution in [0.1, 0.15) is 50.7 Å². The molecule has 3 heterocycles. The number of benzene rings is 3. The second-order valence-electron chi connectivity index (χ2n) is 12.9. The number of nitrogens with one attached hydrogen (secondary N) is 2. The van der Waals surface area contributed by atoms with E-state index in [1.165, 1.54) is 15.9 Å². The maximum atomic E-state index is 14.7. The largest absolute Gasteiger partial charge is 0.547 e. The SMILES string of the molecule is O=C(O)c1c(F)ccc2c1OB(O)[C@@H](NC(=O)[C@H](NC(=O)N1CCN(C3CCN(C(=O)c4cc(O)c(F)c(O)c4)CC3)C1=O)c1cc(F)c(O)c(O)c1Cl)C2. The second kappa shape index (κ2) is 15.0. The Morgan fingerprint density at radius 1 is 0.927 bits per heavy atom. The van der Waals surface area contributed by atoms with Crippen molar-refractivity contribution in [1.82, 2.24) is 25.3 Å². The summed E-state index contributed by atoms with van der Waals surface area (Å²) < 4.78 is 47.8. The summed E-state index contributed by atoms with van der Waals surface area (Å²) >= 11 is 6.17. The summed E-state index contributed by atoms with van der Waals surface area (Å²) in [5.74, 6) is -13.5. The molecule has 0 spiro atoms. The standard InChI is InChI=1S/C33H30BClF3N5O12/c35-23-16(12-18(37)26(46)27(23)47)25(29(48)39-21-11-13-1-2-17(36)22(31(50)51)28(13)55-34(21)54)40-32(52)43-8-7-42(33(43)53)15-3-5-41(6-4-15)30(49)14-9-19(44)24(38)20(45)10-14/h1-2,9-10,12,15,21,25,44-47,54H,3-8,11H2,(H,39,48)(H,40,52)(H,50,51)/t21-,25+/m0/s1. The number of phenols is 4. The summed E-state index contributed by atoms with van der Waals surface area (Å²) in [6.07, 6.45) is 0.174. The third kappa shape index (κ3) is 7.27. The van der Waals surface area contributed by atoms with Gasteiger partial charge in [0.1, 0.15) is 23.2 Å². The average Bonchev–Trinajstić information content (AvgIpc) is 3.54. The molecule has 6 rings (SSSR count). The Hall–Kier alpha value is -6.09. The van der Waals surface area contributed by atoms with Crippen molar-refractivity contribution in [2.45, 2.75) is 37.3 Å². The molecule has 2 atom stereocenters. The number of likely N-dealkylation sites (tertiary alicyclic amines) is 1. The number of carbonyl (C=O) groups is 5. The van der Waals surface area contributed by atoms with Crippen molar-refractivity contribution in [1.29, 1.82) is 0 Å². The molecule has 22 heteroatoms. The lowest BCUT2D eigenvalue weighted by atomic mass is 9.72. The van der Waals surface area contributed by atoms with Crippen LogP contribution in [0.15, 0.2) is 30.3 Å². The van der Waals surface area contributed by atoms with Gasteiger partial charge in [0, 0.05) is 43.3 Å². The van der Waals surface area contributed by atoms with E-state index in [2.05, 4.69) is 10.6 Å². The fourth-order valence-corrected chi connectivity index (χ4v) is 6.96. The van der Waals surface area contributed by atoms with Gasteiger partial charge in [0.15, 0.2) is 28.8 Å². The van der Waals surface area contributed by atoms with E-state index >= 15 is 0 Å². The third-order valence-corrected chi connectivity index (χ3v) is 9.94. The number of imide groups is 1. The number of phenolic OH excluding ortho intramolecular Hbond substituents is 4. The number of urea groups is 2. The molecule has 55 heavy (non-hydrogen) atoms. The molecule has 17 nitrogen and oxygen atoms in total. The molecule has 0 aliphatic carbocycles. The summed E-state index contributed by atoms with van der Waals surface area (Å²) in [7, 11) is -1.96. The Morgan fingerprint density at radius 2 is 1.58 bits per heavy atom. The first kappa shape index (κ1) is 38.6. The lowest BCUT2D eigenvalue weighted by molar-refractivity contribution is -0.123. The van der Waals surface area contributed by atoms with Crippen molar-refractivity contribution in [3.05, 3.63) is 75.1 Å². The second-order valence-corrected chi connectivity index (χ2v) is 13.2. The lowest BCUT2D eigenvalue weighted by Gasteiger charge is -2.36. The number of hydrogen-bond acceptors (Lipinski definition) is 11. The Kier molecular flexibility index (Phi) is 10.5. The van der Waals surface area contributed by atoms with Crippen LogP contribution in [0.25, 0.3) is 0 Å². The number of rotatable bonds is 7. The minimum absolute atomic E-state index is 0.0285. The Morgan fingerprint density at radius 3 is 2.22 bits per heavy atom. The van der Waals surface area contributed by atoms with E-state index in [4.69, 9.17) is 16.3 Å². The van der Waals surface area contributed by atoms with E-state index in [9.17, 15) is 67.7 Å². The van der Waals surface area contributed by atoms with Crippen molar-refractivity contribution in [3.63, 3.8) is 0 Å². The summed E-state index contributed by atoms with van der Waals surface area (Å²) in [6.45, 7) is 0.0655. The van der Waals surface area contributed by atoms with Crippen LogP contribution in [0.5, 0.6) is 28.7 Å². The van der Waals surface area contributed by atoms with Gasteiger partial charge in [0.25, 0.3) is 5.91 Å². The third-order valence-electron chi connectivity index (χ3n) is 9.55. The molecular formula is C33H30BClF3N5O12. The quantitative estimate of drug-likeness (QED) is 0.127. The highest BCUT2D eigenvalue weighted by Crippen LogP contribution is 2.41. The first-order valence-corrected chi connectivity index (χ1v) is 16.8. The molecule has 0 radical (unpaired) electrons. The molecule has 0 bridgehead atoms. The van der Waals surface area contributed by atoms with E-state index in [1.54, 1.807) is 0 Å². The fraction of sp³-hybridized carbons (Fsp3) is 0.303. The van der Waals surface area contributed by atoms with E-state index in [0.29, 0.717) is 6.07 Å². The first-order chi connectivity index (χ1) is 26.0. The molecule has 2 saturated heterocycles. The van der Waals surface area contributed by atoms with Gasteiger partial charge >= 0.3 is 25.1 Å². The van der Waals surface area contributed by atoms with E-state index < -0.39 is 117 Å². The van der Waals surface area contributed by atoms with Crippen LogP contribution < -0.4 is 15.3 Å². The minimum atomic E-state index is -2.00. The van der Waals surface area contributed by atoms with E-state index in [0.717, 1.165) is 23.1 Å². The van der Waals surface area contributed by atoms with Gasteiger partial charge in [0.05, 0.1) is 11.0 Å². The molecule has 3 aromatic carbocycles. The number of halogens is 4. The van der Waals surface area contributed by atoms with Gasteiger partial charge in [-0.15, -0.1) is 0 Å². The maximum absolute atomic E-state index is 14.7. The molecule has 2 fully saturated rings. The number of amides is 6. The van der Waals surface area contributed by atoms with Crippen LogP contribution in [0, 0.1) is 17.5 Å². The zero-order chi connectivity index (χ0) is 40.0. The number of nitrogens with zero attached hydrogens (tertiary/aromatic N) is 3. The highest BCUT2D eigenvalue weighted by molar-refractivity contribution is 6.47. The molecule has 0 saturated carbocycles. The van der Waals surface area contributed by atoms with Crippen molar-refractivity contribution in [2.75, 3.05) is 26.2 Å². The number of hydrogen-bond donors (Lipinski definition) is 8. The lowest BCUT2D eigenvalue weighted by Crippen LogP contribution is -2.56. The maximum Gasteiger partial charge on any atom is 0.547 e. The molecule has 3 aliphatic heterocycles. The van der Waals surface area contributed by atoms with Crippen molar-refractivity contribution < 1.29 is 72.4 Å². The van der Waals surface area contributed by atoms with Gasteiger partial charge in [-0.25, -0.2) is 28.1 Å². The van der Waals surface area contributed by atoms with Gasteiger partial charge in [-0.05, 0) is 49.1 Å². The normalized spacial score (nSPS) is 17.8. The van der Waals surface area contributed by atoms with Crippen LogP contribution in [-0.4, -0.2) is 120 Å². The number of aromatic hydroxyl groups is 4. The Bertz CT molecular complexity index is 2100. The van der Waals surface area contributed by atoms with Crippen LogP contribution in [0.4, 0.5) is 22.8 Å². The van der Waals surface area contributed by atoms with Gasteiger partial charge < -0.3 is 55.6 Å². The van der Waals surface area contributed by atoms with Gasteiger partial charge in [0.2, 0.25) is 11.7 Å². The number of aromatic carboxylic acids is 1. The zero-order valence-electron chi connectivity index (χ0n) is 28.1. The zero-order valence-corrected chi connectivity index (χ0v) is 28.9. The summed E-state index contributed by atoms with van der Waals surface area (Å²) in [4.78, 5) is 68.9. The molecule has 8 N–H and O–H groups in total. The number of carbonyl (C=O) groups excluding carboxylic acids is 4. The topological polar surface area (TPSA) is 250 Å². The van der Waals surface area contributed by atoms with Crippen molar-refractivity contribution in [2.24, 2.45) is 0 Å². The Labute approximate surface area is 313 Å². The molecule has 0 aromatic heterocycles. The first-order valence-electron chi connectivity index (χ1n) is 16.5. The van der Waals surface area contributed by atoms with Crippen LogP contribution in [-0.2, 0) is 11.2 Å². The predicted octanol–water partition coefficient (Wildman–Crippen LogP) is 2.21. The fourth-order valence-electron chi connectivity index (χ4n) is 6.71. The van der Waals surface area contributed by atoms with Gasteiger partial charge in [-0.3, -0.25) is 9.59 Å². The molecule has 6 amide bonds. The monoisotopic (exact) mass is 791 g/mol. The van der Waals surface area contributed by atoms with Crippen LogP contribution in [0.3, 0.4) is 0 Å². The number of carboxylic acids is 1. The van der Waals surface area contributed by atoms with Gasteiger partial charge in [-0.1, -0.05) is 17.7 Å².